The number of rotatable bonds is 4. The minimum Gasteiger partial charge on any atom is -0.352 e. The van der Waals surface area contributed by atoms with Crippen LogP contribution in [0.2, 0.25) is 0 Å². The van der Waals surface area contributed by atoms with Crippen molar-refractivity contribution in [1.29, 1.82) is 0 Å². The third-order valence-electron chi connectivity index (χ3n) is 2.93. The van der Waals surface area contributed by atoms with Crippen LogP contribution in [0, 0.1) is 5.92 Å². The first-order valence-electron chi connectivity index (χ1n) is 5.62. The van der Waals surface area contributed by atoms with Gasteiger partial charge >= 0.3 is 5.51 Å². The second-order valence-corrected chi connectivity index (χ2v) is 5.23. The van der Waals surface area contributed by atoms with E-state index in [-0.39, 0.29) is 23.7 Å². The summed E-state index contributed by atoms with van der Waals surface area (Å²) in [5.74, 6) is -0.932. The monoisotopic (exact) mass is 270 g/mol. The lowest BCUT2D eigenvalue weighted by Crippen LogP contribution is -2.45. The molecule has 0 spiro atoms. The first-order valence-corrected chi connectivity index (χ1v) is 6.61. The smallest absolute Gasteiger partial charge is 0.352 e. The van der Waals surface area contributed by atoms with Crippen LogP contribution in [0.15, 0.2) is 0 Å². The van der Waals surface area contributed by atoms with E-state index in [4.69, 9.17) is 5.73 Å². The van der Waals surface area contributed by atoms with Crippen molar-refractivity contribution in [3.63, 3.8) is 0 Å². The summed E-state index contributed by atoms with van der Waals surface area (Å²) in [5, 5.41) is 2.65. The number of nitrogens with two attached hydrogens (primary N) is 1. The van der Waals surface area contributed by atoms with Crippen molar-refractivity contribution in [2.24, 2.45) is 11.7 Å². The van der Waals surface area contributed by atoms with Gasteiger partial charge in [-0.1, -0.05) is 12.8 Å². The quantitative estimate of drug-likeness (QED) is 0.820. The summed E-state index contributed by atoms with van der Waals surface area (Å²) in [5.41, 5.74) is 1.23. The van der Waals surface area contributed by atoms with Crippen LogP contribution in [0.3, 0.4) is 0 Å². The van der Waals surface area contributed by atoms with Gasteiger partial charge in [-0.3, -0.25) is 4.79 Å². The summed E-state index contributed by atoms with van der Waals surface area (Å²) in [6.45, 7) is 0.470. The standard InChI is InChI=1S/C10H17F3N2OS/c11-10(12,13)17-6-9(16)15-8-4-2-1-3-7(8)5-14/h7-8H,1-6,14H2,(H,15,16). The van der Waals surface area contributed by atoms with E-state index in [1.807, 2.05) is 0 Å². The molecule has 0 aromatic heterocycles. The Morgan fingerprint density at radius 3 is 2.59 bits per heavy atom. The lowest BCUT2D eigenvalue weighted by Gasteiger charge is -2.31. The molecule has 1 saturated carbocycles. The molecule has 3 N–H and O–H groups in total. The van der Waals surface area contributed by atoms with Crippen LogP contribution in [0.4, 0.5) is 13.2 Å². The van der Waals surface area contributed by atoms with E-state index in [1.165, 1.54) is 0 Å². The Bertz CT molecular complexity index is 260. The first-order chi connectivity index (χ1) is 7.92. The Labute approximate surface area is 103 Å². The highest BCUT2D eigenvalue weighted by Crippen LogP contribution is 2.30. The fourth-order valence-electron chi connectivity index (χ4n) is 2.08. The van der Waals surface area contributed by atoms with Gasteiger partial charge in [-0.25, -0.2) is 0 Å². The van der Waals surface area contributed by atoms with Gasteiger partial charge < -0.3 is 11.1 Å². The van der Waals surface area contributed by atoms with E-state index < -0.39 is 17.2 Å². The highest BCUT2D eigenvalue weighted by Gasteiger charge is 2.30. The molecule has 0 heterocycles. The van der Waals surface area contributed by atoms with Gasteiger partial charge in [0, 0.05) is 6.04 Å². The summed E-state index contributed by atoms with van der Waals surface area (Å²) in [6, 6.07) is -0.0601. The molecule has 0 radical (unpaired) electrons. The zero-order valence-corrected chi connectivity index (χ0v) is 10.2. The Kier molecular flexibility index (Phi) is 5.58. The van der Waals surface area contributed by atoms with Gasteiger partial charge in [0.05, 0.1) is 5.75 Å². The van der Waals surface area contributed by atoms with Crippen LogP contribution in [-0.4, -0.2) is 29.8 Å². The first kappa shape index (κ1) is 14.6. The van der Waals surface area contributed by atoms with E-state index in [1.54, 1.807) is 0 Å². The van der Waals surface area contributed by atoms with Crippen molar-refractivity contribution in [2.45, 2.75) is 37.2 Å². The molecule has 0 aromatic carbocycles. The van der Waals surface area contributed by atoms with Crippen molar-refractivity contribution < 1.29 is 18.0 Å². The minimum absolute atomic E-state index is 0.0601. The van der Waals surface area contributed by atoms with Gasteiger partial charge in [0.2, 0.25) is 5.91 Å². The zero-order valence-electron chi connectivity index (χ0n) is 9.43. The number of carbonyl (C=O) groups excluding carboxylic acids is 1. The van der Waals surface area contributed by atoms with Crippen LogP contribution < -0.4 is 11.1 Å². The Morgan fingerprint density at radius 2 is 2.00 bits per heavy atom. The van der Waals surface area contributed by atoms with Crippen LogP contribution in [0.1, 0.15) is 25.7 Å². The molecule has 3 nitrogen and oxygen atoms in total. The fourth-order valence-corrected chi connectivity index (χ4v) is 2.45. The number of alkyl halides is 3. The van der Waals surface area contributed by atoms with Crippen LogP contribution in [0.5, 0.6) is 0 Å². The summed E-state index contributed by atoms with van der Waals surface area (Å²) in [4.78, 5) is 11.3. The summed E-state index contributed by atoms with van der Waals surface area (Å²) in [6.07, 6.45) is 3.82. The predicted molar refractivity (Wildman–Crippen MR) is 61.5 cm³/mol. The van der Waals surface area contributed by atoms with Gasteiger partial charge in [-0.15, -0.1) is 0 Å². The molecule has 100 valence electrons. The maximum Gasteiger partial charge on any atom is 0.442 e. The Morgan fingerprint density at radius 1 is 1.35 bits per heavy atom. The molecule has 7 heteroatoms. The Hall–Kier alpha value is -0.430. The summed E-state index contributed by atoms with van der Waals surface area (Å²) < 4.78 is 35.7. The lowest BCUT2D eigenvalue weighted by molar-refractivity contribution is -0.120. The molecule has 0 bridgehead atoms. The summed E-state index contributed by atoms with van der Waals surface area (Å²) in [7, 11) is 0. The average molecular weight is 270 g/mol. The maximum absolute atomic E-state index is 11.9. The molecular formula is C10H17F3N2OS. The average Bonchev–Trinajstić information content (AvgIpc) is 2.26. The molecule has 1 amide bonds. The van der Waals surface area contributed by atoms with Crippen LogP contribution in [0.25, 0.3) is 0 Å². The second kappa shape index (κ2) is 6.49. The molecule has 1 rings (SSSR count). The lowest BCUT2D eigenvalue weighted by atomic mass is 9.84. The molecule has 1 aliphatic carbocycles. The van der Waals surface area contributed by atoms with E-state index in [0.717, 1.165) is 25.7 Å². The van der Waals surface area contributed by atoms with Gasteiger partial charge in [-0.2, -0.15) is 13.2 Å². The van der Waals surface area contributed by atoms with E-state index in [9.17, 15) is 18.0 Å². The van der Waals surface area contributed by atoms with Gasteiger partial charge in [0.15, 0.2) is 0 Å². The molecule has 2 unspecified atom stereocenters. The van der Waals surface area contributed by atoms with E-state index in [2.05, 4.69) is 5.32 Å². The predicted octanol–water partition coefficient (Wildman–Crippen LogP) is 1.87. The normalized spacial score (nSPS) is 25.6. The zero-order chi connectivity index (χ0) is 12.9. The van der Waals surface area contributed by atoms with Crippen molar-refractivity contribution in [3.05, 3.63) is 0 Å². The minimum atomic E-state index is -4.35. The molecule has 1 fully saturated rings. The molecular weight excluding hydrogens is 253 g/mol. The summed E-state index contributed by atoms with van der Waals surface area (Å²) >= 11 is -0.304. The topological polar surface area (TPSA) is 55.1 Å². The number of carbonyl (C=O) groups is 1. The van der Waals surface area contributed by atoms with Crippen LogP contribution in [-0.2, 0) is 4.79 Å². The third kappa shape index (κ3) is 5.63. The van der Waals surface area contributed by atoms with E-state index in [0.29, 0.717) is 6.54 Å². The van der Waals surface area contributed by atoms with Gasteiger partial charge in [0.1, 0.15) is 0 Å². The highest BCUT2D eigenvalue weighted by molar-refractivity contribution is 8.00. The SMILES string of the molecule is NCC1CCCCC1NC(=O)CSC(F)(F)F. The molecule has 0 saturated heterocycles. The molecule has 1 aliphatic rings. The number of halogens is 3. The van der Waals surface area contributed by atoms with Gasteiger partial charge in [0.25, 0.3) is 0 Å². The Balaban J connectivity index is 2.33. The number of thioether (sulfide) groups is 1. The van der Waals surface area contributed by atoms with Crippen molar-refractivity contribution in [1.82, 2.24) is 5.32 Å². The molecule has 17 heavy (non-hydrogen) atoms. The number of amides is 1. The fraction of sp³-hybridized carbons (Fsp3) is 0.900. The van der Waals surface area contributed by atoms with Crippen molar-refractivity contribution in [3.8, 4) is 0 Å². The van der Waals surface area contributed by atoms with Crippen molar-refractivity contribution in [2.75, 3.05) is 12.3 Å². The number of hydrogen-bond donors (Lipinski definition) is 2. The molecule has 0 aromatic rings. The second-order valence-electron chi connectivity index (χ2n) is 4.19. The molecule has 0 aliphatic heterocycles. The third-order valence-corrected chi connectivity index (χ3v) is 3.66. The number of hydrogen-bond acceptors (Lipinski definition) is 3. The van der Waals surface area contributed by atoms with Crippen LogP contribution >= 0.6 is 11.8 Å². The largest absolute Gasteiger partial charge is 0.442 e. The molecule has 2 atom stereocenters. The number of nitrogens with one attached hydrogen (secondary N) is 1. The maximum atomic E-state index is 11.9. The van der Waals surface area contributed by atoms with Gasteiger partial charge in [-0.05, 0) is 37.1 Å². The van der Waals surface area contributed by atoms with Crippen molar-refractivity contribution >= 4 is 17.7 Å². The van der Waals surface area contributed by atoms with E-state index >= 15 is 0 Å². The highest BCUT2D eigenvalue weighted by atomic mass is 32.2.